The van der Waals surface area contributed by atoms with Crippen LogP contribution in [0.2, 0.25) is 0 Å². The molecular formula is C18H22F3NO. The first-order valence-corrected chi connectivity index (χ1v) is 8.58. The summed E-state index contributed by atoms with van der Waals surface area (Å²) in [6, 6.07) is 7.26. The summed E-state index contributed by atoms with van der Waals surface area (Å²) in [7, 11) is 0. The summed E-state index contributed by atoms with van der Waals surface area (Å²) in [6.07, 6.45) is 1.44. The van der Waals surface area contributed by atoms with Gasteiger partial charge in [0.05, 0.1) is 0 Å². The molecule has 5 heteroatoms. The minimum Gasteiger partial charge on any atom is -0.406 e. The van der Waals surface area contributed by atoms with E-state index in [-0.39, 0.29) is 5.75 Å². The lowest BCUT2D eigenvalue weighted by molar-refractivity contribution is -0.274. The minimum atomic E-state index is -4.61. The molecular weight excluding hydrogens is 303 g/mol. The number of halogens is 3. The summed E-state index contributed by atoms with van der Waals surface area (Å²) >= 11 is 0. The third-order valence-electron chi connectivity index (χ3n) is 5.89. The van der Waals surface area contributed by atoms with E-state index in [1.165, 1.54) is 44.5 Å². The Labute approximate surface area is 134 Å². The predicted octanol–water partition coefficient (Wildman–Crippen LogP) is 4.25. The van der Waals surface area contributed by atoms with Gasteiger partial charge in [-0.1, -0.05) is 18.6 Å². The molecule has 4 rings (SSSR count). The second-order valence-electron chi connectivity index (χ2n) is 7.26. The maximum absolute atomic E-state index is 12.3. The Morgan fingerprint density at radius 3 is 2.48 bits per heavy atom. The Hall–Kier alpha value is -1.23. The van der Waals surface area contributed by atoms with E-state index in [9.17, 15) is 13.2 Å². The van der Waals surface area contributed by atoms with E-state index < -0.39 is 6.36 Å². The molecule has 1 aromatic carbocycles. The van der Waals surface area contributed by atoms with Crippen molar-refractivity contribution in [2.24, 2.45) is 17.8 Å². The number of aryl methyl sites for hydroxylation is 1. The minimum absolute atomic E-state index is 0.109. The lowest BCUT2D eigenvalue weighted by atomic mass is 9.91. The number of nitrogens with zero attached hydrogens (tertiary/aromatic N) is 1. The predicted molar refractivity (Wildman–Crippen MR) is 81.1 cm³/mol. The largest absolute Gasteiger partial charge is 0.573 e. The van der Waals surface area contributed by atoms with E-state index in [1.807, 2.05) is 6.07 Å². The van der Waals surface area contributed by atoms with E-state index in [1.54, 1.807) is 6.07 Å². The molecule has 0 N–H and O–H groups in total. The van der Waals surface area contributed by atoms with Crippen molar-refractivity contribution in [1.29, 1.82) is 0 Å². The molecule has 2 aliphatic carbocycles. The Bertz CT molecular complexity index is 558. The van der Waals surface area contributed by atoms with Crippen molar-refractivity contribution < 1.29 is 17.9 Å². The molecule has 2 saturated carbocycles. The molecule has 2 unspecified atom stereocenters. The van der Waals surface area contributed by atoms with Crippen LogP contribution in [0.5, 0.6) is 5.75 Å². The lowest BCUT2D eigenvalue weighted by Gasteiger charge is -2.36. The molecule has 0 spiro atoms. The van der Waals surface area contributed by atoms with Crippen molar-refractivity contribution in [2.75, 3.05) is 13.1 Å². The number of fused-ring (bicyclic) bond motifs is 1. The normalized spacial score (nSPS) is 30.8. The van der Waals surface area contributed by atoms with Crippen LogP contribution in [0.25, 0.3) is 0 Å². The van der Waals surface area contributed by atoms with E-state index in [2.05, 4.69) is 9.64 Å². The van der Waals surface area contributed by atoms with Gasteiger partial charge in [-0.2, -0.15) is 0 Å². The van der Waals surface area contributed by atoms with Gasteiger partial charge in [0.2, 0.25) is 0 Å². The van der Waals surface area contributed by atoms with Crippen molar-refractivity contribution in [3.8, 4) is 5.75 Å². The van der Waals surface area contributed by atoms with E-state index >= 15 is 0 Å². The zero-order chi connectivity index (χ0) is 16.0. The Morgan fingerprint density at radius 2 is 1.87 bits per heavy atom. The number of piperidine rings is 1. The number of ether oxygens (including phenoxy) is 1. The topological polar surface area (TPSA) is 12.5 Å². The van der Waals surface area contributed by atoms with Gasteiger partial charge in [-0.05, 0) is 61.1 Å². The molecule has 0 aromatic heterocycles. The van der Waals surface area contributed by atoms with Gasteiger partial charge >= 0.3 is 6.36 Å². The molecule has 1 aromatic rings. The summed E-state index contributed by atoms with van der Waals surface area (Å²) in [6.45, 7) is 2.49. The maximum atomic E-state index is 12.3. The molecule has 1 heterocycles. The number of rotatable bonds is 5. The number of hydrogen-bond donors (Lipinski definition) is 0. The standard InChI is InChI=1S/C18H22F3NO/c19-18(20,21)23-14-6-1-3-12(9-14)7-8-15-16-10-22(11-17(15)16)13-4-2-5-13/h1,3,6,9,13,15-17H,2,4-5,7-8,10-11H2. The van der Waals surface area contributed by atoms with E-state index in [0.717, 1.165) is 42.2 Å². The van der Waals surface area contributed by atoms with Crippen LogP contribution in [0.15, 0.2) is 24.3 Å². The molecule has 2 nitrogen and oxygen atoms in total. The number of likely N-dealkylation sites (tertiary alicyclic amines) is 1. The van der Waals surface area contributed by atoms with Crippen molar-refractivity contribution in [3.63, 3.8) is 0 Å². The quantitative estimate of drug-likeness (QED) is 0.802. The van der Waals surface area contributed by atoms with E-state index in [4.69, 9.17) is 0 Å². The monoisotopic (exact) mass is 325 g/mol. The van der Waals surface area contributed by atoms with Crippen molar-refractivity contribution in [2.45, 2.75) is 44.5 Å². The third-order valence-corrected chi connectivity index (χ3v) is 5.89. The zero-order valence-corrected chi connectivity index (χ0v) is 13.1. The van der Waals surface area contributed by atoms with E-state index in [0.29, 0.717) is 0 Å². The van der Waals surface area contributed by atoms with Crippen LogP contribution >= 0.6 is 0 Å². The summed E-state index contributed by atoms with van der Waals surface area (Å²) < 4.78 is 40.8. The number of benzene rings is 1. The van der Waals surface area contributed by atoms with Gasteiger partial charge in [0.25, 0.3) is 0 Å². The van der Waals surface area contributed by atoms with Crippen molar-refractivity contribution in [1.82, 2.24) is 4.90 Å². The third kappa shape index (κ3) is 3.35. The highest BCUT2D eigenvalue weighted by Crippen LogP contribution is 2.55. The molecule has 126 valence electrons. The van der Waals surface area contributed by atoms with Crippen LogP contribution in [0.3, 0.4) is 0 Å². The number of hydrogen-bond acceptors (Lipinski definition) is 2. The molecule has 23 heavy (non-hydrogen) atoms. The highest BCUT2D eigenvalue weighted by molar-refractivity contribution is 5.29. The second-order valence-corrected chi connectivity index (χ2v) is 7.26. The SMILES string of the molecule is FC(F)(F)Oc1cccc(CCC2C3CN(C4CCC4)CC23)c1. The summed E-state index contributed by atoms with van der Waals surface area (Å²) in [4.78, 5) is 2.66. The first-order valence-electron chi connectivity index (χ1n) is 8.58. The lowest BCUT2D eigenvalue weighted by Crippen LogP contribution is -2.40. The van der Waals surface area contributed by atoms with Gasteiger partial charge in [0.1, 0.15) is 5.75 Å². The van der Waals surface area contributed by atoms with Gasteiger partial charge in [0.15, 0.2) is 0 Å². The molecule has 3 aliphatic rings. The Kier molecular flexibility index (Phi) is 3.79. The Balaban J connectivity index is 1.26. The summed E-state index contributed by atoms with van der Waals surface area (Å²) in [5, 5.41) is 0. The van der Waals surface area contributed by atoms with Gasteiger partial charge in [0, 0.05) is 19.1 Å². The van der Waals surface area contributed by atoms with Gasteiger partial charge in [-0.25, -0.2) is 0 Å². The first kappa shape index (κ1) is 15.3. The molecule has 0 amide bonds. The Morgan fingerprint density at radius 1 is 1.13 bits per heavy atom. The summed E-state index contributed by atoms with van der Waals surface area (Å²) in [5.74, 6) is 2.34. The second kappa shape index (κ2) is 5.69. The average Bonchev–Trinajstić information content (AvgIpc) is 2.85. The van der Waals surface area contributed by atoms with Crippen LogP contribution in [-0.4, -0.2) is 30.4 Å². The van der Waals surface area contributed by atoms with Crippen LogP contribution in [0.1, 0.15) is 31.2 Å². The fourth-order valence-corrected chi connectivity index (χ4v) is 4.39. The highest BCUT2D eigenvalue weighted by Gasteiger charge is 2.55. The summed E-state index contributed by atoms with van der Waals surface area (Å²) in [5.41, 5.74) is 0.938. The molecule has 1 saturated heterocycles. The van der Waals surface area contributed by atoms with Crippen LogP contribution in [0, 0.1) is 17.8 Å². The van der Waals surface area contributed by atoms with Crippen LogP contribution in [0.4, 0.5) is 13.2 Å². The molecule has 2 atom stereocenters. The van der Waals surface area contributed by atoms with Gasteiger partial charge < -0.3 is 4.74 Å². The molecule has 1 aliphatic heterocycles. The van der Waals surface area contributed by atoms with Gasteiger partial charge in [-0.3, -0.25) is 4.90 Å². The van der Waals surface area contributed by atoms with Crippen molar-refractivity contribution in [3.05, 3.63) is 29.8 Å². The molecule has 3 fully saturated rings. The van der Waals surface area contributed by atoms with Gasteiger partial charge in [-0.15, -0.1) is 13.2 Å². The van der Waals surface area contributed by atoms with Crippen molar-refractivity contribution >= 4 is 0 Å². The molecule has 0 radical (unpaired) electrons. The average molecular weight is 325 g/mol. The first-order chi connectivity index (χ1) is 11.0. The highest BCUT2D eigenvalue weighted by atomic mass is 19.4. The number of alkyl halides is 3. The zero-order valence-electron chi connectivity index (χ0n) is 13.1. The fraction of sp³-hybridized carbons (Fsp3) is 0.667. The fourth-order valence-electron chi connectivity index (χ4n) is 4.39. The molecule has 0 bridgehead atoms. The van der Waals surface area contributed by atoms with Crippen LogP contribution < -0.4 is 4.74 Å². The maximum Gasteiger partial charge on any atom is 0.573 e. The van der Waals surface area contributed by atoms with Crippen LogP contribution in [-0.2, 0) is 6.42 Å². The smallest absolute Gasteiger partial charge is 0.406 e.